The molecule has 0 amide bonds. The zero-order valence-corrected chi connectivity index (χ0v) is 15.6. The predicted octanol–water partition coefficient (Wildman–Crippen LogP) is 3.49. The van der Waals surface area contributed by atoms with Gasteiger partial charge in [-0.3, -0.25) is 4.90 Å². The van der Waals surface area contributed by atoms with Gasteiger partial charge in [0.05, 0.1) is 13.2 Å². The number of nitrogens with zero attached hydrogens (tertiary/aromatic N) is 1. The van der Waals surface area contributed by atoms with Gasteiger partial charge in [-0.15, -0.1) is 0 Å². The summed E-state index contributed by atoms with van der Waals surface area (Å²) in [6.45, 7) is 5.68. The second-order valence-corrected chi connectivity index (χ2v) is 6.54. The minimum absolute atomic E-state index is 0.642. The van der Waals surface area contributed by atoms with E-state index < -0.39 is 0 Å². The SMILES string of the molecule is S=C(NCCCN1CCOCC1)Nc1ccc(Oc2ccccc2)cc1. The second kappa shape index (κ2) is 10.1. The van der Waals surface area contributed by atoms with E-state index >= 15 is 0 Å². The molecule has 1 aliphatic rings. The van der Waals surface area contributed by atoms with Crippen molar-refractivity contribution in [1.82, 2.24) is 10.2 Å². The lowest BCUT2D eigenvalue weighted by Gasteiger charge is -2.26. The summed E-state index contributed by atoms with van der Waals surface area (Å²) < 4.78 is 11.1. The summed E-state index contributed by atoms with van der Waals surface area (Å²) in [6, 6.07) is 17.5. The molecule has 1 saturated heterocycles. The highest BCUT2D eigenvalue weighted by molar-refractivity contribution is 7.80. The van der Waals surface area contributed by atoms with Crippen LogP contribution in [0.15, 0.2) is 54.6 Å². The van der Waals surface area contributed by atoms with E-state index in [4.69, 9.17) is 21.7 Å². The number of ether oxygens (including phenoxy) is 2. The van der Waals surface area contributed by atoms with Gasteiger partial charge in [0.2, 0.25) is 0 Å². The molecule has 2 aromatic carbocycles. The van der Waals surface area contributed by atoms with Gasteiger partial charge in [-0.05, 0) is 61.6 Å². The van der Waals surface area contributed by atoms with Gasteiger partial charge in [-0.1, -0.05) is 18.2 Å². The molecule has 6 heteroatoms. The Bertz CT molecular complexity index is 673. The molecule has 0 saturated carbocycles. The predicted molar refractivity (Wildman–Crippen MR) is 109 cm³/mol. The van der Waals surface area contributed by atoms with E-state index in [9.17, 15) is 0 Å². The summed E-state index contributed by atoms with van der Waals surface area (Å²) in [5, 5.41) is 7.10. The summed E-state index contributed by atoms with van der Waals surface area (Å²) >= 11 is 5.36. The number of anilines is 1. The quantitative estimate of drug-likeness (QED) is 0.574. The van der Waals surface area contributed by atoms with Crippen LogP contribution in [0.3, 0.4) is 0 Å². The molecule has 5 nitrogen and oxygen atoms in total. The highest BCUT2D eigenvalue weighted by atomic mass is 32.1. The summed E-state index contributed by atoms with van der Waals surface area (Å²) in [5.41, 5.74) is 0.941. The van der Waals surface area contributed by atoms with Gasteiger partial charge in [0.25, 0.3) is 0 Å². The van der Waals surface area contributed by atoms with Gasteiger partial charge in [0.1, 0.15) is 11.5 Å². The Kier molecular flexibility index (Phi) is 7.25. The molecule has 2 N–H and O–H groups in total. The highest BCUT2D eigenvalue weighted by Crippen LogP contribution is 2.22. The van der Waals surface area contributed by atoms with Crippen LogP contribution in [0.5, 0.6) is 11.5 Å². The molecule has 0 spiro atoms. The number of para-hydroxylation sites is 1. The summed E-state index contributed by atoms with van der Waals surface area (Å²) in [5.74, 6) is 1.62. The minimum Gasteiger partial charge on any atom is -0.457 e. The van der Waals surface area contributed by atoms with Gasteiger partial charge in [-0.2, -0.15) is 0 Å². The van der Waals surface area contributed by atoms with Gasteiger partial charge < -0.3 is 20.1 Å². The van der Waals surface area contributed by atoms with Crippen LogP contribution < -0.4 is 15.4 Å². The number of morpholine rings is 1. The van der Waals surface area contributed by atoms with Crippen LogP contribution in [0, 0.1) is 0 Å². The van der Waals surface area contributed by atoms with Crippen LogP contribution in [0.25, 0.3) is 0 Å². The zero-order valence-electron chi connectivity index (χ0n) is 14.8. The first-order chi connectivity index (χ1) is 12.8. The minimum atomic E-state index is 0.642. The third-order valence-electron chi connectivity index (χ3n) is 4.13. The normalized spacial score (nSPS) is 14.6. The Hall–Kier alpha value is -2.15. The van der Waals surface area contributed by atoms with Crippen molar-refractivity contribution in [2.45, 2.75) is 6.42 Å². The second-order valence-electron chi connectivity index (χ2n) is 6.13. The Morgan fingerprint density at radius 1 is 1.00 bits per heavy atom. The molecule has 26 heavy (non-hydrogen) atoms. The molecule has 0 unspecified atom stereocenters. The number of thiocarbonyl (C=S) groups is 1. The Morgan fingerprint density at radius 3 is 2.42 bits per heavy atom. The molecule has 1 fully saturated rings. The fraction of sp³-hybridized carbons (Fsp3) is 0.350. The lowest BCUT2D eigenvalue weighted by Crippen LogP contribution is -2.38. The van der Waals surface area contributed by atoms with E-state index in [2.05, 4.69) is 15.5 Å². The lowest BCUT2D eigenvalue weighted by molar-refractivity contribution is 0.0376. The molecule has 0 aliphatic carbocycles. The molecule has 0 atom stereocenters. The molecule has 0 aromatic heterocycles. The maximum Gasteiger partial charge on any atom is 0.170 e. The van der Waals surface area contributed by atoms with Crippen LogP contribution >= 0.6 is 12.2 Å². The Balaban J connectivity index is 1.36. The topological polar surface area (TPSA) is 45.8 Å². The fourth-order valence-corrected chi connectivity index (χ4v) is 2.96. The Morgan fingerprint density at radius 2 is 1.69 bits per heavy atom. The standard InChI is InChI=1S/C20H25N3O2S/c26-20(21-11-4-12-23-13-15-24-16-14-23)22-17-7-9-19(10-8-17)25-18-5-2-1-3-6-18/h1-3,5-10H,4,11-16H2,(H2,21,22,26). The van der Waals surface area contributed by atoms with Crippen molar-refractivity contribution in [1.29, 1.82) is 0 Å². The fourth-order valence-electron chi connectivity index (χ4n) is 2.74. The monoisotopic (exact) mass is 371 g/mol. The third-order valence-corrected chi connectivity index (χ3v) is 4.38. The smallest absolute Gasteiger partial charge is 0.170 e. The molecule has 1 aliphatic heterocycles. The van der Waals surface area contributed by atoms with E-state index in [1.54, 1.807) is 0 Å². The molecular weight excluding hydrogens is 346 g/mol. The summed E-state index contributed by atoms with van der Waals surface area (Å²) in [4.78, 5) is 2.42. The number of rotatable bonds is 7. The first-order valence-corrected chi connectivity index (χ1v) is 9.38. The lowest BCUT2D eigenvalue weighted by atomic mass is 10.3. The Labute approximate surface area is 160 Å². The number of hydrogen-bond acceptors (Lipinski definition) is 4. The summed E-state index contributed by atoms with van der Waals surface area (Å²) in [6.07, 6.45) is 1.06. The van der Waals surface area contributed by atoms with Crippen LogP contribution in [0.2, 0.25) is 0 Å². The molecule has 138 valence electrons. The first kappa shape index (κ1) is 18.6. The average molecular weight is 372 g/mol. The van der Waals surface area contributed by atoms with Crippen LogP contribution in [0.4, 0.5) is 5.69 Å². The van der Waals surface area contributed by atoms with Crippen molar-refractivity contribution in [2.24, 2.45) is 0 Å². The van der Waals surface area contributed by atoms with Crippen molar-refractivity contribution >= 4 is 23.0 Å². The maximum atomic E-state index is 5.79. The van der Waals surface area contributed by atoms with Crippen LogP contribution in [0.1, 0.15) is 6.42 Å². The van der Waals surface area contributed by atoms with Crippen molar-refractivity contribution in [2.75, 3.05) is 44.7 Å². The van der Waals surface area contributed by atoms with Gasteiger partial charge in [-0.25, -0.2) is 0 Å². The van der Waals surface area contributed by atoms with E-state index in [0.29, 0.717) is 5.11 Å². The molecule has 1 heterocycles. The van der Waals surface area contributed by atoms with Crippen molar-refractivity contribution < 1.29 is 9.47 Å². The van der Waals surface area contributed by atoms with Gasteiger partial charge >= 0.3 is 0 Å². The molecule has 0 radical (unpaired) electrons. The highest BCUT2D eigenvalue weighted by Gasteiger charge is 2.09. The number of nitrogens with one attached hydrogen (secondary N) is 2. The number of benzene rings is 2. The van der Waals surface area contributed by atoms with Crippen LogP contribution in [-0.4, -0.2) is 49.4 Å². The zero-order chi connectivity index (χ0) is 18.0. The number of hydrogen-bond donors (Lipinski definition) is 2. The van der Waals surface area contributed by atoms with Crippen molar-refractivity contribution in [3.63, 3.8) is 0 Å². The van der Waals surface area contributed by atoms with Crippen LogP contribution in [-0.2, 0) is 4.74 Å². The van der Waals surface area contributed by atoms with E-state index in [0.717, 1.165) is 63.0 Å². The molecule has 2 aromatic rings. The largest absolute Gasteiger partial charge is 0.457 e. The van der Waals surface area contributed by atoms with E-state index in [1.807, 2.05) is 54.6 Å². The van der Waals surface area contributed by atoms with E-state index in [-0.39, 0.29) is 0 Å². The molecule has 0 bridgehead atoms. The summed E-state index contributed by atoms with van der Waals surface area (Å²) in [7, 11) is 0. The van der Waals surface area contributed by atoms with Crippen molar-refractivity contribution in [3.8, 4) is 11.5 Å². The third kappa shape index (κ3) is 6.29. The maximum absolute atomic E-state index is 5.79. The molecular formula is C20H25N3O2S. The first-order valence-electron chi connectivity index (χ1n) is 8.97. The van der Waals surface area contributed by atoms with Gasteiger partial charge in [0.15, 0.2) is 5.11 Å². The van der Waals surface area contributed by atoms with Crippen molar-refractivity contribution in [3.05, 3.63) is 54.6 Å². The average Bonchev–Trinajstić information content (AvgIpc) is 2.68. The van der Waals surface area contributed by atoms with E-state index in [1.165, 1.54) is 0 Å². The van der Waals surface area contributed by atoms with Gasteiger partial charge in [0, 0.05) is 25.3 Å². The molecule has 3 rings (SSSR count).